The number of fused-ring (bicyclic) bond motifs is 1. The lowest BCUT2D eigenvalue weighted by atomic mass is 10.1. The van der Waals surface area contributed by atoms with Gasteiger partial charge in [-0.15, -0.1) is 0 Å². The van der Waals surface area contributed by atoms with Crippen molar-refractivity contribution in [3.05, 3.63) is 29.1 Å². The molecule has 1 aliphatic carbocycles. The van der Waals surface area contributed by atoms with Gasteiger partial charge in [-0.1, -0.05) is 12.8 Å². The maximum Gasteiger partial charge on any atom is 0.191 e. The van der Waals surface area contributed by atoms with Gasteiger partial charge in [0.2, 0.25) is 0 Å². The molecule has 1 heterocycles. The third-order valence-electron chi connectivity index (χ3n) is 4.20. The van der Waals surface area contributed by atoms with E-state index >= 15 is 0 Å². The summed E-state index contributed by atoms with van der Waals surface area (Å²) in [6.45, 7) is 3.79. The number of nitrogens with one attached hydrogen (secondary N) is 2. The van der Waals surface area contributed by atoms with E-state index in [0.29, 0.717) is 24.9 Å². The Labute approximate surface area is 136 Å². The molecule has 1 saturated carbocycles. The van der Waals surface area contributed by atoms with Crippen molar-refractivity contribution in [2.45, 2.75) is 51.8 Å². The molecule has 6 heteroatoms. The third kappa shape index (κ3) is 4.13. The summed E-state index contributed by atoms with van der Waals surface area (Å²) in [5.41, 5.74) is 1.50. The zero-order valence-electron chi connectivity index (χ0n) is 13.5. The molecule has 3 rings (SSSR count). The summed E-state index contributed by atoms with van der Waals surface area (Å²) in [7, 11) is 0. The molecule has 0 amide bonds. The van der Waals surface area contributed by atoms with Gasteiger partial charge in [0.15, 0.2) is 12.8 Å². The van der Waals surface area contributed by atoms with Gasteiger partial charge in [0, 0.05) is 23.7 Å². The van der Waals surface area contributed by atoms with Crippen molar-refractivity contribution in [3.63, 3.8) is 0 Å². The normalized spacial score (nSPS) is 18.4. The first-order valence-corrected chi connectivity index (χ1v) is 8.33. The van der Waals surface area contributed by atoms with Crippen molar-refractivity contribution >= 4 is 5.96 Å². The maximum absolute atomic E-state index is 13.8. The Kier molecular flexibility index (Phi) is 5.33. The lowest BCUT2D eigenvalue weighted by Crippen LogP contribution is -2.42. The first kappa shape index (κ1) is 16.1. The highest BCUT2D eigenvalue weighted by Gasteiger charge is 2.18. The molecule has 0 bridgehead atoms. The zero-order chi connectivity index (χ0) is 16.1. The third-order valence-corrected chi connectivity index (χ3v) is 4.20. The highest BCUT2D eigenvalue weighted by Crippen LogP contribution is 2.30. The lowest BCUT2D eigenvalue weighted by molar-refractivity contribution is -0.0172. The highest BCUT2D eigenvalue weighted by molar-refractivity contribution is 5.80. The van der Waals surface area contributed by atoms with Gasteiger partial charge in [0.05, 0.1) is 13.2 Å². The SMILES string of the molecule is CCNC(=NCc1cc(F)cc2c1OCOC2)NC1CCCC1. The molecule has 1 aromatic carbocycles. The van der Waals surface area contributed by atoms with Crippen LogP contribution in [0.2, 0.25) is 0 Å². The highest BCUT2D eigenvalue weighted by atomic mass is 19.1. The smallest absolute Gasteiger partial charge is 0.191 e. The molecular formula is C17H24FN3O2. The van der Waals surface area contributed by atoms with E-state index in [0.717, 1.165) is 23.6 Å². The number of aliphatic imine (C=N–C) groups is 1. The molecular weight excluding hydrogens is 297 g/mol. The fourth-order valence-electron chi connectivity index (χ4n) is 3.12. The first-order chi connectivity index (χ1) is 11.3. The van der Waals surface area contributed by atoms with Crippen LogP contribution in [0.3, 0.4) is 0 Å². The molecule has 0 radical (unpaired) electrons. The van der Waals surface area contributed by atoms with Gasteiger partial charge >= 0.3 is 0 Å². The van der Waals surface area contributed by atoms with Crippen LogP contribution in [0.25, 0.3) is 0 Å². The van der Waals surface area contributed by atoms with Crippen molar-refractivity contribution in [1.29, 1.82) is 0 Å². The molecule has 0 saturated heterocycles. The van der Waals surface area contributed by atoms with Gasteiger partial charge in [0.1, 0.15) is 11.6 Å². The standard InChI is InChI=1S/C17H24FN3O2/c1-2-19-17(21-15-5-3-4-6-15)20-9-12-7-14(18)8-13-10-22-11-23-16(12)13/h7-8,15H,2-6,9-11H2,1H3,(H2,19,20,21). The largest absolute Gasteiger partial charge is 0.467 e. The summed E-state index contributed by atoms with van der Waals surface area (Å²) in [4.78, 5) is 4.60. The molecule has 5 nitrogen and oxygen atoms in total. The second-order valence-corrected chi connectivity index (χ2v) is 5.98. The number of rotatable bonds is 4. The van der Waals surface area contributed by atoms with Crippen LogP contribution in [0.1, 0.15) is 43.7 Å². The molecule has 0 spiro atoms. The average Bonchev–Trinajstić information content (AvgIpc) is 3.05. The quantitative estimate of drug-likeness (QED) is 0.661. The molecule has 1 aromatic rings. The van der Waals surface area contributed by atoms with Crippen LogP contribution in [-0.2, 0) is 17.9 Å². The first-order valence-electron chi connectivity index (χ1n) is 8.33. The summed E-state index contributed by atoms with van der Waals surface area (Å²) in [5.74, 6) is 1.21. The minimum Gasteiger partial charge on any atom is -0.467 e. The Morgan fingerprint density at radius 2 is 2.17 bits per heavy atom. The van der Waals surface area contributed by atoms with Crippen molar-refractivity contribution in [3.8, 4) is 5.75 Å². The monoisotopic (exact) mass is 321 g/mol. The lowest BCUT2D eigenvalue weighted by Gasteiger charge is -2.21. The van der Waals surface area contributed by atoms with Crippen molar-refractivity contribution in [2.24, 2.45) is 4.99 Å². The molecule has 0 atom stereocenters. The fraction of sp³-hybridized carbons (Fsp3) is 0.588. The van der Waals surface area contributed by atoms with Crippen LogP contribution in [0.15, 0.2) is 17.1 Å². The number of ether oxygens (including phenoxy) is 2. The molecule has 23 heavy (non-hydrogen) atoms. The van der Waals surface area contributed by atoms with E-state index in [1.165, 1.54) is 37.8 Å². The van der Waals surface area contributed by atoms with Crippen molar-refractivity contribution < 1.29 is 13.9 Å². The zero-order valence-corrected chi connectivity index (χ0v) is 13.5. The number of nitrogens with zero attached hydrogens (tertiary/aromatic N) is 1. The summed E-state index contributed by atoms with van der Waals surface area (Å²) >= 11 is 0. The van der Waals surface area contributed by atoms with E-state index in [9.17, 15) is 4.39 Å². The summed E-state index contributed by atoms with van der Waals surface area (Å²) in [5, 5.41) is 6.72. The maximum atomic E-state index is 13.8. The van der Waals surface area contributed by atoms with Crippen LogP contribution in [0.4, 0.5) is 4.39 Å². The van der Waals surface area contributed by atoms with Crippen LogP contribution < -0.4 is 15.4 Å². The Bertz CT molecular complexity index is 571. The van der Waals surface area contributed by atoms with Crippen LogP contribution in [0.5, 0.6) is 5.75 Å². The Hall–Kier alpha value is -1.82. The van der Waals surface area contributed by atoms with Crippen LogP contribution in [0, 0.1) is 5.82 Å². The van der Waals surface area contributed by atoms with Crippen molar-refractivity contribution in [1.82, 2.24) is 10.6 Å². The van der Waals surface area contributed by atoms with Gasteiger partial charge in [-0.2, -0.15) is 0 Å². The molecule has 1 fully saturated rings. The van der Waals surface area contributed by atoms with E-state index in [1.807, 2.05) is 6.92 Å². The summed E-state index contributed by atoms with van der Waals surface area (Å²) in [6.07, 6.45) is 4.89. The second-order valence-electron chi connectivity index (χ2n) is 5.98. The summed E-state index contributed by atoms with van der Waals surface area (Å²) in [6, 6.07) is 3.44. The minimum atomic E-state index is -0.281. The number of guanidine groups is 1. The number of hydrogen-bond donors (Lipinski definition) is 2. The number of halogens is 1. The van der Waals surface area contributed by atoms with E-state index in [4.69, 9.17) is 9.47 Å². The topological polar surface area (TPSA) is 54.9 Å². The Morgan fingerprint density at radius 3 is 2.96 bits per heavy atom. The number of hydrogen-bond acceptors (Lipinski definition) is 3. The molecule has 0 unspecified atom stereocenters. The average molecular weight is 321 g/mol. The Morgan fingerprint density at radius 1 is 1.35 bits per heavy atom. The molecule has 2 N–H and O–H groups in total. The molecule has 126 valence electrons. The summed E-state index contributed by atoms with van der Waals surface area (Å²) < 4.78 is 24.5. The fourth-order valence-corrected chi connectivity index (χ4v) is 3.12. The van der Waals surface area contributed by atoms with Gasteiger partial charge in [-0.05, 0) is 31.9 Å². The van der Waals surface area contributed by atoms with Gasteiger partial charge in [-0.3, -0.25) is 0 Å². The van der Waals surface area contributed by atoms with Crippen molar-refractivity contribution in [2.75, 3.05) is 13.3 Å². The van der Waals surface area contributed by atoms with Crippen LogP contribution >= 0.6 is 0 Å². The molecule has 0 aromatic heterocycles. The van der Waals surface area contributed by atoms with Gasteiger partial charge in [0.25, 0.3) is 0 Å². The molecule has 2 aliphatic rings. The van der Waals surface area contributed by atoms with Gasteiger partial charge in [-0.25, -0.2) is 9.38 Å². The van der Waals surface area contributed by atoms with Gasteiger partial charge < -0.3 is 20.1 Å². The number of benzene rings is 1. The predicted molar refractivity (Wildman–Crippen MR) is 86.9 cm³/mol. The van der Waals surface area contributed by atoms with E-state index < -0.39 is 0 Å². The van der Waals surface area contributed by atoms with E-state index in [-0.39, 0.29) is 12.6 Å². The van der Waals surface area contributed by atoms with Crippen LogP contribution in [-0.4, -0.2) is 25.3 Å². The minimum absolute atomic E-state index is 0.204. The predicted octanol–water partition coefficient (Wildman–Crippen LogP) is 2.69. The molecule has 1 aliphatic heterocycles. The second kappa shape index (κ2) is 7.64. The van der Waals surface area contributed by atoms with E-state index in [1.54, 1.807) is 0 Å². The Balaban J connectivity index is 1.74. The van der Waals surface area contributed by atoms with E-state index in [2.05, 4.69) is 15.6 Å².